The van der Waals surface area contributed by atoms with Crippen molar-refractivity contribution in [1.29, 1.82) is 5.26 Å². The third kappa shape index (κ3) is 3.10. The molecular weight excluding hydrogens is 269 g/mol. The van der Waals surface area contributed by atoms with Crippen molar-refractivity contribution in [2.45, 2.75) is 25.9 Å². The number of alkyl halides is 3. The van der Waals surface area contributed by atoms with E-state index in [-0.39, 0.29) is 23.1 Å². The summed E-state index contributed by atoms with van der Waals surface area (Å²) in [5.74, 6) is -0.109. The zero-order valence-electron chi connectivity index (χ0n) is 10.8. The van der Waals surface area contributed by atoms with Crippen LogP contribution in [0.25, 0.3) is 0 Å². The van der Waals surface area contributed by atoms with Gasteiger partial charge in [0.1, 0.15) is 6.07 Å². The van der Waals surface area contributed by atoms with E-state index in [2.05, 4.69) is 5.32 Å². The molecule has 1 aromatic carbocycles. The van der Waals surface area contributed by atoms with Crippen LogP contribution in [0.4, 0.5) is 18.9 Å². The van der Waals surface area contributed by atoms with Crippen LogP contribution in [-0.2, 0) is 11.0 Å². The molecule has 1 N–H and O–H groups in total. The highest BCUT2D eigenvalue weighted by Gasteiger charge is 2.34. The average molecular weight is 282 g/mol. The molecule has 0 heterocycles. The molecular formula is C14H13F3N2O. The Kier molecular flexibility index (Phi) is 3.71. The number of hydrogen-bond acceptors (Lipinski definition) is 2. The molecule has 2 rings (SSSR count). The number of amides is 1. The van der Waals surface area contributed by atoms with Crippen molar-refractivity contribution in [1.82, 2.24) is 0 Å². The summed E-state index contributed by atoms with van der Waals surface area (Å²) in [5, 5.41) is 11.4. The van der Waals surface area contributed by atoms with E-state index in [0.29, 0.717) is 5.92 Å². The number of carbonyl (C=O) groups excluding carboxylic acids is 1. The van der Waals surface area contributed by atoms with Crippen LogP contribution in [0.1, 0.15) is 30.9 Å². The van der Waals surface area contributed by atoms with E-state index in [0.717, 1.165) is 31.0 Å². The Morgan fingerprint density at radius 1 is 1.45 bits per heavy atom. The molecule has 1 amide bonds. The van der Waals surface area contributed by atoms with Gasteiger partial charge in [0, 0.05) is 5.92 Å². The number of anilines is 1. The van der Waals surface area contributed by atoms with E-state index in [4.69, 9.17) is 5.26 Å². The molecule has 106 valence electrons. The van der Waals surface area contributed by atoms with Crippen LogP contribution in [0.3, 0.4) is 0 Å². The van der Waals surface area contributed by atoms with Gasteiger partial charge in [0.25, 0.3) is 0 Å². The predicted molar refractivity (Wildman–Crippen MR) is 66.7 cm³/mol. The van der Waals surface area contributed by atoms with Gasteiger partial charge in [0.15, 0.2) is 0 Å². The van der Waals surface area contributed by atoms with Crippen molar-refractivity contribution in [2.24, 2.45) is 11.8 Å². The maximum absolute atomic E-state index is 12.5. The summed E-state index contributed by atoms with van der Waals surface area (Å²) >= 11 is 0. The van der Waals surface area contributed by atoms with E-state index in [1.807, 2.05) is 0 Å². The summed E-state index contributed by atoms with van der Waals surface area (Å²) in [6, 6.07) is 4.41. The molecule has 0 bridgehead atoms. The van der Waals surface area contributed by atoms with Gasteiger partial charge in [-0.05, 0) is 37.0 Å². The number of carbonyl (C=O) groups is 1. The van der Waals surface area contributed by atoms with Crippen molar-refractivity contribution in [3.8, 4) is 6.07 Å². The van der Waals surface area contributed by atoms with Gasteiger partial charge in [-0.15, -0.1) is 0 Å². The summed E-state index contributed by atoms with van der Waals surface area (Å²) in [6.07, 6.45) is -2.52. The minimum absolute atomic E-state index is 0.123. The largest absolute Gasteiger partial charge is 0.416 e. The highest BCUT2D eigenvalue weighted by Crippen LogP contribution is 2.37. The third-order valence-electron chi connectivity index (χ3n) is 3.47. The minimum Gasteiger partial charge on any atom is -0.325 e. The number of nitriles is 1. The fraction of sp³-hybridized carbons (Fsp3) is 0.429. The van der Waals surface area contributed by atoms with Crippen molar-refractivity contribution in [3.63, 3.8) is 0 Å². The van der Waals surface area contributed by atoms with Gasteiger partial charge < -0.3 is 5.32 Å². The standard InChI is InChI=1S/C14H13F3N2O/c1-8(9-2-3-9)13(20)19-12-5-4-11(14(15,16)17)6-10(12)7-18/h4-6,8-9H,2-3H2,1H3,(H,19,20). The maximum Gasteiger partial charge on any atom is 0.416 e. The fourth-order valence-electron chi connectivity index (χ4n) is 1.98. The number of hydrogen-bond donors (Lipinski definition) is 1. The Morgan fingerprint density at radius 2 is 2.10 bits per heavy atom. The molecule has 0 spiro atoms. The second-order valence-corrected chi connectivity index (χ2v) is 4.99. The molecule has 1 aromatic rings. The zero-order valence-corrected chi connectivity index (χ0v) is 10.8. The van der Waals surface area contributed by atoms with Gasteiger partial charge in [-0.25, -0.2) is 0 Å². The molecule has 20 heavy (non-hydrogen) atoms. The average Bonchev–Trinajstić information content (AvgIpc) is 3.21. The summed E-state index contributed by atoms with van der Waals surface area (Å²) in [4.78, 5) is 11.9. The Labute approximate surface area is 114 Å². The topological polar surface area (TPSA) is 52.9 Å². The SMILES string of the molecule is CC(C(=O)Nc1ccc(C(F)(F)F)cc1C#N)C1CC1. The Bertz CT molecular complexity index is 571. The van der Waals surface area contributed by atoms with E-state index < -0.39 is 11.7 Å². The van der Waals surface area contributed by atoms with E-state index in [1.165, 1.54) is 0 Å². The normalized spacial score (nSPS) is 16.4. The Balaban J connectivity index is 2.20. The minimum atomic E-state index is -4.50. The van der Waals surface area contributed by atoms with Crippen molar-refractivity contribution >= 4 is 11.6 Å². The summed E-state index contributed by atoms with van der Waals surface area (Å²) in [5.41, 5.74) is -0.962. The lowest BCUT2D eigenvalue weighted by atomic mass is 10.0. The first-order valence-corrected chi connectivity index (χ1v) is 6.25. The first-order chi connectivity index (χ1) is 9.32. The quantitative estimate of drug-likeness (QED) is 0.921. The van der Waals surface area contributed by atoms with E-state index in [1.54, 1.807) is 13.0 Å². The number of halogens is 3. The van der Waals surface area contributed by atoms with E-state index in [9.17, 15) is 18.0 Å². The van der Waals surface area contributed by atoms with E-state index >= 15 is 0 Å². The van der Waals surface area contributed by atoms with Gasteiger partial charge >= 0.3 is 6.18 Å². The van der Waals surface area contributed by atoms with Crippen LogP contribution in [-0.4, -0.2) is 5.91 Å². The highest BCUT2D eigenvalue weighted by atomic mass is 19.4. The van der Waals surface area contributed by atoms with Gasteiger partial charge in [0.2, 0.25) is 5.91 Å². The molecule has 1 aliphatic rings. The monoisotopic (exact) mass is 282 g/mol. The molecule has 6 heteroatoms. The lowest BCUT2D eigenvalue weighted by Gasteiger charge is -2.13. The Hall–Kier alpha value is -2.03. The summed E-state index contributed by atoms with van der Waals surface area (Å²) in [7, 11) is 0. The second-order valence-electron chi connectivity index (χ2n) is 4.99. The van der Waals surface area contributed by atoms with Crippen molar-refractivity contribution < 1.29 is 18.0 Å². The number of rotatable bonds is 3. The molecule has 1 saturated carbocycles. The second kappa shape index (κ2) is 5.16. The van der Waals surface area contributed by atoms with Crippen molar-refractivity contribution in [2.75, 3.05) is 5.32 Å². The number of benzene rings is 1. The smallest absolute Gasteiger partial charge is 0.325 e. The van der Waals surface area contributed by atoms with Gasteiger partial charge in [0.05, 0.1) is 16.8 Å². The Morgan fingerprint density at radius 3 is 2.60 bits per heavy atom. The molecule has 1 atom stereocenters. The number of nitrogens with one attached hydrogen (secondary N) is 1. The molecule has 0 radical (unpaired) electrons. The van der Waals surface area contributed by atoms with Crippen LogP contribution < -0.4 is 5.32 Å². The van der Waals surface area contributed by atoms with Crippen LogP contribution in [0.5, 0.6) is 0 Å². The van der Waals surface area contributed by atoms with Gasteiger partial charge in [-0.2, -0.15) is 18.4 Å². The van der Waals surface area contributed by atoms with Crippen molar-refractivity contribution in [3.05, 3.63) is 29.3 Å². The zero-order chi connectivity index (χ0) is 14.9. The van der Waals surface area contributed by atoms with Crippen LogP contribution in [0, 0.1) is 23.2 Å². The maximum atomic E-state index is 12.5. The molecule has 0 aliphatic heterocycles. The lowest BCUT2D eigenvalue weighted by molar-refractivity contribution is -0.137. The molecule has 1 unspecified atom stereocenters. The molecule has 1 fully saturated rings. The van der Waals surface area contributed by atoms with Gasteiger partial charge in [-0.1, -0.05) is 6.92 Å². The van der Waals surface area contributed by atoms with Crippen LogP contribution >= 0.6 is 0 Å². The molecule has 1 aliphatic carbocycles. The third-order valence-corrected chi connectivity index (χ3v) is 3.47. The molecule has 3 nitrogen and oxygen atoms in total. The number of nitrogens with zero attached hydrogens (tertiary/aromatic N) is 1. The fourth-order valence-corrected chi connectivity index (χ4v) is 1.98. The predicted octanol–water partition coefficient (Wildman–Crippen LogP) is 3.56. The van der Waals surface area contributed by atoms with Crippen LogP contribution in [0.2, 0.25) is 0 Å². The molecule has 0 saturated heterocycles. The molecule has 0 aromatic heterocycles. The summed E-state index contributed by atoms with van der Waals surface area (Å²) in [6.45, 7) is 1.78. The summed E-state index contributed by atoms with van der Waals surface area (Å²) < 4.78 is 37.6. The van der Waals surface area contributed by atoms with Crippen LogP contribution in [0.15, 0.2) is 18.2 Å². The van der Waals surface area contributed by atoms with Gasteiger partial charge in [-0.3, -0.25) is 4.79 Å². The lowest BCUT2D eigenvalue weighted by Crippen LogP contribution is -2.22. The highest BCUT2D eigenvalue weighted by molar-refractivity contribution is 5.94. The first kappa shape index (κ1) is 14.4. The first-order valence-electron chi connectivity index (χ1n) is 6.25.